The molecule has 0 aromatic heterocycles. The van der Waals surface area contributed by atoms with Gasteiger partial charge in [0.05, 0.1) is 23.1 Å². The zero-order valence-electron chi connectivity index (χ0n) is 19.9. The van der Waals surface area contributed by atoms with Gasteiger partial charge in [0, 0.05) is 10.6 Å². The first kappa shape index (κ1) is 24.7. The standard InChI is InChI=1S/C29H24ClNO6/c30-20-12-15-26(24(16-20)31-27(33)22-8-4-5-9-23(22)28(31)34)36-17-25(32)18-10-13-21(14-11-18)37-29(35)19-6-2-1-3-7-19/h1-3,6-7,10-16,22-23H,4-5,8-9,17H2. The minimum Gasteiger partial charge on any atom is -0.483 e. The van der Waals surface area contributed by atoms with Crippen LogP contribution in [-0.2, 0) is 9.59 Å². The van der Waals surface area contributed by atoms with Crippen LogP contribution in [0, 0.1) is 11.8 Å². The van der Waals surface area contributed by atoms with Crippen molar-refractivity contribution < 1.29 is 28.7 Å². The Morgan fingerprint density at radius 2 is 1.49 bits per heavy atom. The smallest absolute Gasteiger partial charge is 0.343 e. The molecular weight excluding hydrogens is 494 g/mol. The Kier molecular flexibility index (Phi) is 7.06. The van der Waals surface area contributed by atoms with E-state index in [1.807, 2.05) is 0 Å². The second-order valence-electron chi connectivity index (χ2n) is 9.11. The molecule has 1 saturated carbocycles. The van der Waals surface area contributed by atoms with Gasteiger partial charge in [-0.2, -0.15) is 0 Å². The number of hydrogen-bond donors (Lipinski definition) is 0. The molecule has 1 heterocycles. The lowest BCUT2D eigenvalue weighted by atomic mass is 9.81. The van der Waals surface area contributed by atoms with Crippen LogP contribution in [0.25, 0.3) is 0 Å². The summed E-state index contributed by atoms with van der Waals surface area (Å²) in [4.78, 5) is 52.3. The maximum Gasteiger partial charge on any atom is 0.343 e. The van der Waals surface area contributed by atoms with E-state index in [1.54, 1.807) is 54.6 Å². The summed E-state index contributed by atoms with van der Waals surface area (Å²) in [6.45, 7) is -0.319. The molecule has 0 bridgehead atoms. The normalized spacial score (nSPS) is 18.9. The topological polar surface area (TPSA) is 90.0 Å². The Bertz CT molecular complexity index is 1330. The number of halogens is 1. The second-order valence-corrected chi connectivity index (χ2v) is 9.55. The second kappa shape index (κ2) is 10.6. The first-order valence-electron chi connectivity index (χ1n) is 12.1. The molecule has 188 valence electrons. The number of anilines is 1. The zero-order chi connectivity index (χ0) is 25.9. The van der Waals surface area contributed by atoms with Gasteiger partial charge in [0.2, 0.25) is 11.8 Å². The van der Waals surface area contributed by atoms with Crippen molar-refractivity contribution in [1.29, 1.82) is 0 Å². The largest absolute Gasteiger partial charge is 0.483 e. The summed E-state index contributed by atoms with van der Waals surface area (Å²) in [6, 6.07) is 19.4. The van der Waals surface area contributed by atoms with E-state index in [-0.39, 0.29) is 47.5 Å². The predicted molar refractivity (Wildman–Crippen MR) is 137 cm³/mol. The van der Waals surface area contributed by atoms with Crippen LogP contribution in [0.4, 0.5) is 5.69 Å². The molecule has 8 heteroatoms. The molecule has 1 saturated heterocycles. The first-order valence-corrected chi connectivity index (χ1v) is 12.5. The van der Waals surface area contributed by atoms with Crippen LogP contribution in [0.15, 0.2) is 72.8 Å². The molecule has 2 fully saturated rings. The molecule has 0 radical (unpaired) electrons. The number of amides is 2. The van der Waals surface area contributed by atoms with E-state index in [2.05, 4.69) is 0 Å². The number of esters is 1. The van der Waals surface area contributed by atoms with Crippen molar-refractivity contribution in [2.45, 2.75) is 25.7 Å². The Morgan fingerprint density at radius 3 is 2.14 bits per heavy atom. The highest BCUT2D eigenvalue weighted by molar-refractivity contribution is 6.31. The first-order chi connectivity index (χ1) is 17.9. The summed E-state index contributed by atoms with van der Waals surface area (Å²) < 4.78 is 11.1. The maximum absolute atomic E-state index is 13.1. The van der Waals surface area contributed by atoms with Gasteiger partial charge in [-0.1, -0.05) is 42.6 Å². The van der Waals surface area contributed by atoms with E-state index in [4.69, 9.17) is 21.1 Å². The third-order valence-electron chi connectivity index (χ3n) is 6.76. The number of Topliss-reactive ketones (excluding diaryl/α,β-unsaturated/α-hetero) is 1. The number of hydrogen-bond acceptors (Lipinski definition) is 6. The molecule has 37 heavy (non-hydrogen) atoms. The number of carbonyl (C=O) groups is 4. The third-order valence-corrected chi connectivity index (χ3v) is 6.99. The van der Waals surface area contributed by atoms with Crippen molar-refractivity contribution in [2.75, 3.05) is 11.5 Å². The minimum absolute atomic E-state index is 0.228. The van der Waals surface area contributed by atoms with E-state index < -0.39 is 5.97 Å². The highest BCUT2D eigenvalue weighted by atomic mass is 35.5. The molecule has 2 unspecified atom stereocenters. The summed E-state index contributed by atoms with van der Waals surface area (Å²) >= 11 is 6.18. The molecule has 2 amide bonds. The summed E-state index contributed by atoms with van der Waals surface area (Å²) in [5.41, 5.74) is 1.03. The molecule has 5 rings (SSSR count). The van der Waals surface area contributed by atoms with E-state index in [0.29, 0.717) is 34.7 Å². The average molecular weight is 518 g/mol. The average Bonchev–Trinajstić information content (AvgIpc) is 3.18. The van der Waals surface area contributed by atoms with Gasteiger partial charge in [0.25, 0.3) is 0 Å². The van der Waals surface area contributed by atoms with Crippen LogP contribution in [0.5, 0.6) is 11.5 Å². The van der Waals surface area contributed by atoms with Crippen LogP contribution in [-0.4, -0.2) is 30.2 Å². The number of fused-ring (bicyclic) bond motifs is 1. The van der Waals surface area contributed by atoms with Crippen molar-refractivity contribution >= 4 is 40.9 Å². The molecule has 7 nitrogen and oxygen atoms in total. The molecule has 3 aromatic rings. The molecule has 3 aromatic carbocycles. The fourth-order valence-electron chi connectivity index (χ4n) is 4.86. The monoisotopic (exact) mass is 517 g/mol. The van der Waals surface area contributed by atoms with Gasteiger partial charge < -0.3 is 9.47 Å². The van der Waals surface area contributed by atoms with E-state index in [1.165, 1.54) is 23.1 Å². The van der Waals surface area contributed by atoms with Gasteiger partial charge in [0.1, 0.15) is 11.5 Å². The molecule has 2 aliphatic rings. The predicted octanol–water partition coefficient (Wildman–Crippen LogP) is 5.50. The number of ether oxygens (including phenoxy) is 2. The van der Waals surface area contributed by atoms with Gasteiger partial charge in [-0.05, 0) is 67.4 Å². The van der Waals surface area contributed by atoms with Crippen molar-refractivity contribution in [3.8, 4) is 11.5 Å². The van der Waals surface area contributed by atoms with Crippen LogP contribution >= 0.6 is 11.6 Å². The van der Waals surface area contributed by atoms with Gasteiger partial charge in [-0.25, -0.2) is 9.69 Å². The Morgan fingerprint density at radius 1 is 0.838 bits per heavy atom. The number of benzene rings is 3. The van der Waals surface area contributed by atoms with Crippen LogP contribution < -0.4 is 14.4 Å². The van der Waals surface area contributed by atoms with Crippen LogP contribution in [0.1, 0.15) is 46.4 Å². The van der Waals surface area contributed by atoms with Gasteiger partial charge in [0.15, 0.2) is 12.4 Å². The van der Waals surface area contributed by atoms with E-state index in [9.17, 15) is 19.2 Å². The summed E-state index contributed by atoms with van der Waals surface area (Å²) in [5, 5.41) is 0.352. The quantitative estimate of drug-likeness (QED) is 0.178. The van der Waals surface area contributed by atoms with Gasteiger partial charge in [-0.15, -0.1) is 0 Å². The molecule has 1 aliphatic carbocycles. The number of nitrogens with zero attached hydrogens (tertiary/aromatic N) is 1. The van der Waals surface area contributed by atoms with Gasteiger partial charge >= 0.3 is 5.97 Å². The lowest BCUT2D eigenvalue weighted by Gasteiger charge is -2.19. The highest BCUT2D eigenvalue weighted by Crippen LogP contribution is 2.43. The molecule has 1 aliphatic heterocycles. The minimum atomic E-state index is -0.496. The molecular formula is C29H24ClNO6. The van der Waals surface area contributed by atoms with Gasteiger partial charge in [-0.3, -0.25) is 14.4 Å². The van der Waals surface area contributed by atoms with E-state index >= 15 is 0 Å². The Labute approximate surface area is 218 Å². The fraction of sp³-hybridized carbons (Fsp3) is 0.241. The summed E-state index contributed by atoms with van der Waals surface area (Å²) in [5.74, 6) is -1.40. The fourth-order valence-corrected chi connectivity index (χ4v) is 5.03. The molecule has 0 N–H and O–H groups in total. The number of carbonyl (C=O) groups excluding carboxylic acids is 4. The summed E-state index contributed by atoms with van der Waals surface area (Å²) in [7, 11) is 0. The van der Waals surface area contributed by atoms with Crippen LogP contribution in [0.3, 0.4) is 0 Å². The van der Waals surface area contributed by atoms with E-state index in [0.717, 1.165) is 12.8 Å². The van der Waals surface area contributed by atoms with Crippen molar-refractivity contribution in [3.05, 3.63) is 88.9 Å². The number of rotatable bonds is 7. The number of imide groups is 1. The lowest BCUT2D eigenvalue weighted by molar-refractivity contribution is -0.122. The Hall–Kier alpha value is -3.97. The molecule has 0 spiro atoms. The zero-order valence-corrected chi connectivity index (χ0v) is 20.6. The van der Waals surface area contributed by atoms with Crippen LogP contribution in [0.2, 0.25) is 5.02 Å². The van der Waals surface area contributed by atoms with Crippen molar-refractivity contribution in [2.24, 2.45) is 11.8 Å². The summed E-state index contributed by atoms with van der Waals surface area (Å²) in [6.07, 6.45) is 3.23. The maximum atomic E-state index is 13.1. The highest BCUT2D eigenvalue weighted by Gasteiger charge is 2.49. The molecule has 2 atom stereocenters. The Balaban J connectivity index is 1.27. The third kappa shape index (κ3) is 5.13. The van der Waals surface area contributed by atoms with Crippen molar-refractivity contribution in [1.82, 2.24) is 0 Å². The number of ketones is 1. The lowest BCUT2D eigenvalue weighted by Crippen LogP contribution is -2.31. The van der Waals surface area contributed by atoms with Crippen molar-refractivity contribution in [3.63, 3.8) is 0 Å². The SMILES string of the molecule is O=C(COc1ccc(Cl)cc1N1C(=O)C2CCCCC2C1=O)c1ccc(OC(=O)c2ccccc2)cc1.